The average molecular weight is 430 g/mol. The van der Waals surface area contributed by atoms with Crippen molar-refractivity contribution < 1.29 is 22.2 Å². The molecular formula is C19H29O5P3. The summed E-state index contributed by atoms with van der Waals surface area (Å²) in [5, 5.41) is 2.19. The predicted octanol–water partition coefficient (Wildman–Crippen LogP) is 6.45. The van der Waals surface area contributed by atoms with E-state index in [1.54, 1.807) is 7.11 Å². The first-order chi connectivity index (χ1) is 12.8. The number of benzene rings is 2. The van der Waals surface area contributed by atoms with Crippen LogP contribution in [0.5, 0.6) is 0 Å². The molecule has 3 unspecified atom stereocenters. The van der Waals surface area contributed by atoms with Gasteiger partial charge in [-0.2, -0.15) is 0 Å². The Balaban J connectivity index is 0.000000276. The molecule has 27 heavy (non-hydrogen) atoms. The van der Waals surface area contributed by atoms with Crippen LogP contribution in [0.2, 0.25) is 0 Å². The lowest BCUT2D eigenvalue weighted by molar-refractivity contribution is 0.0633. The molecule has 150 valence electrons. The van der Waals surface area contributed by atoms with Crippen LogP contribution in [0.3, 0.4) is 0 Å². The summed E-state index contributed by atoms with van der Waals surface area (Å²) in [5.74, 6) is 0. The highest BCUT2D eigenvalue weighted by molar-refractivity contribution is 7.31. The van der Waals surface area contributed by atoms with Gasteiger partial charge in [0, 0.05) is 35.5 Å². The van der Waals surface area contributed by atoms with E-state index < -0.39 is 0 Å². The minimum atomic E-state index is 0. The van der Waals surface area contributed by atoms with Gasteiger partial charge in [-0.3, -0.25) is 0 Å². The van der Waals surface area contributed by atoms with Crippen LogP contribution in [0.4, 0.5) is 0 Å². The number of para-hydroxylation sites is 2. The zero-order valence-electron chi connectivity index (χ0n) is 15.2. The molecule has 0 amide bonds. The van der Waals surface area contributed by atoms with Crippen molar-refractivity contribution in [3.05, 3.63) is 48.5 Å². The van der Waals surface area contributed by atoms with Gasteiger partial charge in [0.2, 0.25) is 8.67 Å². The van der Waals surface area contributed by atoms with E-state index in [0.29, 0.717) is 30.8 Å². The monoisotopic (exact) mass is 430 g/mol. The maximum Gasteiger partial charge on any atom is 0.201 e. The molecule has 0 aliphatic heterocycles. The number of ether oxygens (including phenoxy) is 1. The van der Waals surface area contributed by atoms with Gasteiger partial charge in [0.15, 0.2) is 0 Å². The minimum Gasteiger partial charge on any atom is -0.421 e. The van der Waals surface area contributed by atoms with Crippen molar-refractivity contribution >= 4 is 48.2 Å². The third-order valence-electron chi connectivity index (χ3n) is 3.42. The van der Waals surface area contributed by atoms with Gasteiger partial charge in [-0.05, 0) is 25.5 Å². The van der Waals surface area contributed by atoms with Crippen molar-refractivity contribution in [1.82, 2.24) is 0 Å². The molecule has 0 saturated heterocycles. The number of hydrogen-bond acceptors (Lipinski definition) is 5. The highest BCUT2D eigenvalue weighted by atomic mass is 31.1. The lowest BCUT2D eigenvalue weighted by atomic mass is 10.1. The summed E-state index contributed by atoms with van der Waals surface area (Å²) in [6, 6.07) is 16.0. The fourth-order valence-electron chi connectivity index (χ4n) is 2.31. The zero-order chi connectivity index (χ0) is 18.6. The summed E-state index contributed by atoms with van der Waals surface area (Å²) in [4.78, 5) is 0. The van der Waals surface area contributed by atoms with E-state index in [0.717, 1.165) is 21.9 Å². The topological polar surface area (TPSA) is 54.0 Å². The molecule has 3 rings (SSSR count). The highest BCUT2D eigenvalue weighted by Gasteiger charge is 2.06. The molecule has 0 saturated carbocycles. The smallest absolute Gasteiger partial charge is 0.201 e. The van der Waals surface area contributed by atoms with Crippen molar-refractivity contribution in [2.24, 2.45) is 0 Å². The van der Waals surface area contributed by atoms with Crippen LogP contribution >= 0.6 is 26.3 Å². The largest absolute Gasteiger partial charge is 0.421 e. The maximum atomic E-state index is 5.54. The molecule has 0 aliphatic carbocycles. The van der Waals surface area contributed by atoms with Crippen molar-refractivity contribution in [3.63, 3.8) is 0 Å². The molecule has 0 spiro atoms. The Morgan fingerprint density at radius 1 is 0.889 bits per heavy atom. The van der Waals surface area contributed by atoms with Crippen LogP contribution in [0.15, 0.2) is 56.9 Å². The molecule has 2 aromatic carbocycles. The molecule has 0 N–H and O–H groups in total. The Labute approximate surface area is 166 Å². The van der Waals surface area contributed by atoms with Gasteiger partial charge < -0.3 is 22.2 Å². The van der Waals surface area contributed by atoms with E-state index in [2.05, 4.69) is 0 Å². The Morgan fingerprint density at radius 2 is 1.44 bits per heavy atom. The quantitative estimate of drug-likeness (QED) is 0.403. The standard InChI is InChI=1S/C12H9O2P.C6H16O3P2.CH4/c1-3-7-11-9(5-1)10-6-2-4-8-12(10)14-15-13-11;1-7-4-6(9-11-3)5-8-10-2;/h1-8,15H;6,10-11H,4-5H2,1-3H3;1H4. The summed E-state index contributed by atoms with van der Waals surface area (Å²) in [6.07, 6.45) is 0.107. The second-order valence-electron chi connectivity index (χ2n) is 5.19. The summed E-state index contributed by atoms with van der Waals surface area (Å²) >= 11 is 0. The normalized spacial score (nSPS) is 12.3. The molecule has 0 bridgehead atoms. The number of rotatable bonds is 7. The van der Waals surface area contributed by atoms with Crippen molar-refractivity contribution in [3.8, 4) is 0 Å². The van der Waals surface area contributed by atoms with Crippen LogP contribution in [0.1, 0.15) is 7.43 Å². The SMILES string of the molecule is C.COCC(COPC)OPC.c1ccc2c(c1)o[pH]oc1ccccc12. The van der Waals surface area contributed by atoms with Gasteiger partial charge in [-0.25, -0.2) is 0 Å². The molecular weight excluding hydrogens is 401 g/mol. The Bertz CT molecular complexity index is 748. The number of methoxy groups -OCH3 is 1. The second kappa shape index (κ2) is 14.1. The Morgan fingerprint density at radius 3 is 1.93 bits per heavy atom. The summed E-state index contributed by atoms with van der Waals surface area (Å²) < 4.78 is 26.6. The molecule has 0 fully saturated rings. The van der Waals surface area contributed by atoms with E-state index in [4.69, 9.17) is 22.2 Å². The van der Waals surface area contributed by atoms with Gasteiger partial charge in [-0.1, -0.05) is 43.8 Å². The summed E-state index contributed by atoms with van der Waals surface area (Å²) in [5.41, 5.74) is 1.78. The lowest BCUT2D eigenvalue weighted by Gasteiger charge is -2.14. The third-order valence-corrected chi connectivity index (χ3v) is 5.05. The second-order valence-corrected chi connectivity index (χ2v) is 7.11. The Kier molecular flexibility index (Phi) is 12.6. The summed E-state index contributed by atoms with van der Waals surface area (Å²) in [7, 11) is 2.73. The molecule has 3 atom stereocenters. The first-order valence-electron chi connectivity index (χ1n) is 8.17. The molecule has 3 aromatic rings. The van der Waals surface area contributed by atoms with E-state index in [1.807, 2.05) is 61.9 Å². The lowest BCUT2D eigenvalue weighted by Crippen LogP contribution is -2.20. The van der Waals surface area contributed by atoms with E-state index in [-0.39, 0.29) is 22.2 Å². The Hall–Kier alpha value is -0.920. The predicted molar refractivity (Wildman–Crippen MR) is 121 cm³/mol. The van der Waals surface area contributed by atoms with Gasteiger partial charge in [0.1, 0.15) is 17.3 Å². The number of hydrogen-bond donors (Lipinski definition) is 0. The van der Waals surface area contributed by atoms with E-state index in [1.165, 1.54) is 0 Å². The van der Waals surface area contributed by atoms with E-state index in [9.17, 15) is 0 Å². The van der Waals surface area contributed by atoms with Gasteiger partial charge in [0.05, 0.1) is 13.2 Å². The molecule has 0 radical (unpaired) electrons. The average Bonchev–Trinajstić information content (AvgIpc) is 2.86. The van der Waals surface area contributed by atoms with Crippen molar-refractivity contribution in [2.45, 2.75) is 13.5 Å². The fourth-order valence-corrected chi connectivity index (χ4v) is 3.71. The molecule has 1 heterocycles. The first-order valence-corrected chi connectivity index (χ1v) is 11.8. The van der Waals surface area contributed by atoms with Gasteiger partial charge in [-0.15, -0.1) is 0 Å². The molecule has 8 heteroatoms. The maximum absolute atomic E-state index is 5.54. The van der Waals surface area contributed by atoms with Gasteiger partial charge >= 0.3 is 0 Å². The van der Waals surface area contributed by atoms with Crippen LogP contribution in [-0.2, 0) is 13.8 Å². The van der Waals surface area contributed by atoms with Crippen LogP contribution < -0.4 is 0 Å². The number of fused-ring (bicyclic) bond motifs is 3. The molecule has 0 aliphatic rings. The first kappa shape index (κ1) is 24.1. The van der Waals surface area contributed by atoms with Crippen molar-refractivity contribution in [2.75, 3.05) is 33.7 Å². The summed E-state index contributed by atoms with van der Waals surface area (Å²) in [6.45, 7) is 5.25. The van der Waals surface area contributed by atoms with Crippen LogP contribution in [0.25, 0.3) is 21.9 Å². The molecule has 5 nitrogen and oxygen atoms in total. The molecule has 1 aromatic heterocycles. The fraction of sp³-hybridized carbons (Fsp3) is 0.368. The third kappa shape index (κ3) is 7.92. The van der Waals surface area contributed by atoms with Crippen LogP contribution in [-0.4, -0.2) is 39.8 Å². The van der Waals surface area contributed by atoms with Crippen molar-refractivity contribution in [1.29, 1.82) is 0 Å². The minimum absolute atomic E-state index is 0. The van der Waals surface area contributed by atoms with Gasteiger partial charge in [0.25, 0.3) is 0 Å². The van der Waals surface area contributed by atoms with E-state index >= 15 is 0 Å². The van der Waals surface area contributed by atoms with Crippen LogP contribution in [0, 0.1) is 0 Å². The zero-order valence-corrected chi connectivity index (χ0v) is 18.2. The highest BCUT2D eigenvalue weighted by Crippen LogP contribution is 2.26.